The van der Waals surface area contributed by atoms with Gasteiger partial charge >= 0.3 is 0 Å². The Hall–Kier alpha value is -1.11. The van der Waals surface area contributed by atoms with Crippen LogP contribution in [0.25, 0.3) is 0 Å². The number of hydrogen-bond acceptors (Lipinski definition) is 4. The highest BCUT2D eigenvalue weighted by atomic mass is 35.5. The molecule has 1 saturated heterocycles. The van der Waals surface area contributed by atoms with E-state index < -0.39 is 0 Å². The van der Waals surface area contributed by atoms with Gasteiger partial charge in [-0.2, -0.15) is 11.3 Å². The minimum absolute atomic E-state index is 0. The van der Waals surface area contributed by atoms with Crippen LogP contribution in [-0.4, -0.2) is 53.8 Å². The van der Waals surface area contributed by atoms with Gasteiger partial charge in [0.15, 0.2) is 0 Å². The molecular formula is C21H34ClN3O2S. The average Bonchev–Trinajstić information content (AvgIpc) is 3.10. The van der Waals surface area contributed by atoms with E-state index in [1.54, 1.807) is 11.3 Å². The van der Waals surface area contributed by atoms with Gasteiger partial charge in [-0.15, -0.1) is 12.4 Å². The Labute approximate surface area is 179 Å². The van der Waals surface area contributed by atoms with Crippen LogP contribution in [0.2, 0.25) is 0 Å². The summed E-state index contributed by atoms with van der Waals surface area (Å²) in [7, 11) is 0. The van der Waals surface area contributed by atoms with Crippen molar-refractivity contribution in [2.45, 2.75) is 65.0 Å². The lowest BCUT2D eigenvalue weighted by molar-refractivity contribution is -0.134. The first-order chi connectivity index (χ1) is 13.1. The molecule has 0 aromatic carbocycles. The highest BCUT2D eigenvalue weighted by molar-refractivity contribution is 7.07. The molecule has 1 spiro atoms. The van der Waals surface area contributed by atoms with Gasteiger partial charge in [0, 0.05) is 38.5 Å². The number of carbonyl (C=O) groups is 2. The number of carbonyl (C=O) groups excluding carboxylic acids is 2. The van der Waals surface area contributed by atoms with Gasteiger partial charge in [0.25, 0.3) is 0 Å². The number of nitrogens with one attached hydrogen (secondary N) is 1. The van der Waals surface area contributed by atoms with Crippen molar-refractivity contribution in [1.82, 2.24) is 15.1 Å². The SMILES string of the molecule is CCN(CC)C(=O)CCCC(=O)N(Cc1ccsc1)C1CC12CCNCC2.Cl. The van der Waals surface area contributed by atoms with Crippen LogP contribution in [0.3, 0.4) is 0 Å². The summed E-state index contributed by atoms with van der Waals surface area (Å²) in [6.45, 7) is 8.33. The molecule has 1 N–H and O–H groups in total. The summed E-state index contributed by atoms with van der Waals surface area (Å²) < 4.78 is 0. The minimum atomic E-state index is 0. The Kier molecular flexibility index (Phi) is 8.78. The van der Waals surface area contributed by atoms with Crippen LogP contribution in [0.1, 0.15) is 57.9 Å². The number of amides is 2. The molecule has 5 nitrogen and oxygen atoms in total. The van der Waals surface area contributed by atoms with E-state index in [-0.39, 0.29) is 24.2 Å². The zero-order chi connectivity index (χ0) is 19.3. The van der Waals surface area contributed by atoms with Gasteiger partial charge in [-0.1, -0.05) is 0 Å². The lowest BCUT2D eigenvalue weighted by Gasteiger charge is -2.29. The molecule has 1 atom stereocenters. The number of thiophene rings is 1. The zero-order valence-electron chi connectivity index (χ0n) is 17.1. The average molecular weight is 428 g/mol. The van der Waals surface area contributed by atoms with Gasteiger partial charge in [0.1, 0.15) is 0 Å². The summed E-state index contributed by atoms with van der Waals surface area (Å²) in [5.41, 5.74) is 1.57. The summed E-state index contributed by atoms with van der Waals surface area (Å²) >= 11 is 1.68. The smallest absolute Gasteiger partial charge is 0.223 e. The van der Waals surface area contributed by atoms with Gasteiger partial charge < -0.3 is 15.1 Å². The molecular weight excluding hydrogens is 394 g/mol. The molecule has 1 aromatic rings. The van der Waals surface area contributed by atoms with E-state index in [4.69, 9.17) is 0 Å². The quantitative estimate of drug-likeness (QED) is 0.654. The first kappa shape index (κ1) is 23.2. The second kappa shape index (κ2) is 10.6. The van der Waals surface area contributed by atoms with E-state index in [9.17, 15) is 9.59 Å². The molecule has 2 aliphatic rings. The van der Waals surface area contributed by atoms with Crippen LogP contribution >= 0.6 is 23.7 Å². The summed E-state index contributed by atoms with van der Waals surface area (Å²) in [4.78, 5) is 29.2. The molecule has 1 unspecified atom stereocenters. The second-order valence-corrected chi connectivity index (χ2v) is 8.69. The van der Waals surface area contributed by atoms with E-state index in [0.717, 1.165) is 32.6 Å². The molecule has 2 heterocycles. The van der Waals surface area contributed by atoms with E-state index in [1.807, 2.05) is 18.7 Å². The van der Waals surface area contributed by atoms with Gasteiger partial charge in [-0.05, 0) is 80.4 Å². The lowest BCUT2D eigenvalue weighted by atomic mass is 9.93. The van der Waals surface area contributed by atoms with Gasteiger partial charge in [-0.3, -0.25) is 9.59 Å². The van der Waals surface area contributed by atoms with Crippen molar-refractivity contribution in [1.29, 1.82) is 0 Å². The standard InChI is InChI=1S/C21H33N3O2S.ClH/c1-3-23(4-2)19(25)6-5-7-20(26)24(15-17-8-13-27-16-17)18-14-21(18)9-11-22-12-10-21;/h8,13,16,18,22H,3-7,9-12,14-15H2,1-2H3;1H. The largest absolute Gasteiger partial charge is 0.343 e. The third kappa shape index (κ3) is 5.49. The topological polar surface area (TPSA) is 52.7 Å². The number of piperidine rings is 1. The van der Waals surface area contributed by atoms with Crippen molar-refractivity contribution in [2.75, 3.05) is 26.2 Å². The van der Waals surface area contributed by atoms with Crippen LogP contribution in [0.4, 0.5) is 0 Å². The first-order valence-electron chi connectivity index (χ1n) is 10.4. The summed E-state index contributed by atoms with van der Waals surface area (Å²) in [6, 6.07) is 2.50. The maximum atomic E-state index is 13.1. The highest BCUT2D eigenvalue weighted by Gasteiger charge is 2.57. The lowest BCUT2D eigenvalue weighted by Crippen LogP contribution is -2.39. The van der Waals surface area contributed by atoms with Crippen molar-refractivity contribution in [3.63, 3.8) is 0 Å². The Morgan fingerprint density at radius 3 is 2.46 bits per heavy atom. The van der Waals surface area contributed by atoms with Crippen LogP contribution in [-0.2, 0) is 16.1 Å². The van der Waals surface area contributed by atoms with E-state index in [2.05, 4.69) is 27.0 Å². The minimum Gasteiger partial charge on any atom is -0.343 e. The van der Waals surface area contributed by atoms with Crippen LogP contribution < -0.4 is 5.32 Å². The van der Waals surface area contributed by atoms with E-state index >= 15 is 0 Å². The predicted octanol–water partition coefficient (Wildman–Crippen LogP) is 3.68. The van der Waals surface area contributed by atoms with E-state index in [1.165, 1.54) is 18.4 Å². The Morgan fingerprint density at radius 1 is 1.18 bits per heavy atom. The van der Waals surface area contributed by atoms with Crippen molar-refractivity contribution in [3.8, 4) is 0 Å². The highest BCUT2D eigenvalue weighted by Crippen LogP contribution is 2.56. The van der Waals surface area contributed by atoms with Crippen molar-refractivity contribution >= 4 is 35.6 Å². The molecule has 0 bridgehead atoms. The molecule has 7 heteroatoms. The van der Waals surface area contributed by atoms with Gasteiger partial charge in [0.2, 0.25) is 11.8 Å². The Balaban J connectivity index is 0.00000280. The molecule has 1 saturated carbocycles. The van der Waals surface area contributed by atoms with Crippen LogP contribution in [0.15, 0.2) is 16.8 Å². The molecule has 1 aliphatic carbocycles. The van der Waals surface area contributed by atoms with Crippen molar-refractivity contribution < 1.29 is 9.59 Å². The van der Waals surface area contributed by atoms with Gasteiger partial charge in [0.05, 0.1) is 0 Å². The fourth-order valence-corrected chi connectivity index (χ4v) is 5.11. The normalized spacial score (nSPS) is 19.7. The second-order valence-electron chi connectivity index (χ2n) is 7.91. The maximum Gasteiger partial charge on any atom is 0.223 e. The Bertz CT molecular complexity index is 628. The summed E-state index contributed by atoms with van der Waals surface area (Å²) in [6.07, 6.45) is 5.08. The third-order valence-corrected chi connectivity index (χ3v) is 7.01. The fraction of sp³-hybridized carbons (Fsp3) is 0.714. The Morgan fingerprint density at radius 2 is 1.86 bits per heavy atom. The summed E-state index contributed by atoms with van der Waals surface area (Å²) in [5, 5.41) is 7.66. The van der Waals surface area contributed by atoms with Crippen LogP contribution in [0, 0.1) is 5.41 Å². The zero-order valence-corrected chi connectivity index (χ0v) is 18.7. The predicted molar refractivity (Wildman–Crippen MR) is 117 cm³/mol. The molecule has 2 fully saturated rings. The molecule has 2 amide bonds. The molecule has 158 valence electrons. The third-order valence-electron chi connectivity index (χ3n) is 6.27. The molecule has 1 aliphatic heterocycles. The first-order valence-corrected chi connectivity index (χ1v) is 11.3. The number of hydrogen-bond donors (Lipinski definition) is 1. The number of nitrogens with zero attached hydrogens (tertiary/aromatic N) is 2. The molecule has 3 rings (SSSR count). The van der Waals surface area contributed by atoms with E-state index in [0.29, 0.717) is 37.3 Å². The maximum absolute atomic E-state index is 13.1. The fourth-order valence-electron chi connectivity index (χ4n) is 4.45. The van der Waals surface area contributed by atoms with Crippen molar-refractivity contribution in [3.05, 3.63) is 22.4 Å². The molecule has 0 radical (unpaired) electrons. The van der Waals surface area contributed by atoms with Gasteiger partial charge in [-0.25, -0.2) is 0 Å². The number of halogens is 1. The summed E-state index contributed by atoms with van der Waals surface area (Å²) in [5.74, 6) is 0.382. The number of rotatable bonds is 9. The molecule has 1 aromatic heterocycles. The van der Waals surface area contributed by atoms with Crippen molar-refractivity contribution in [2.24, 2.45) is 5.41 Å². The monoisotopic (exact) mass is 427 g/mol. The molecule has 28 heavy (non-hydrogen) atoms. The van der Waals surface area contributed by atoms with Crippen LogP contribution in [0.5, 0.6) is 0 Å².